The van der Waals surface area contributed by atoms with Crippen LogP contribution in [0.15, 0.2) is 18.2 Å². The molecule has 1 rings (SSSR count). The SMILES string of the molecule is CCC(C)C(=O)Oc1ccc(C[C@H](NCCOC(=O)CC(C)(C)C)C(=O)OC)cc1OC(=O)C(C)CC. The molecule has 0 aliphatic carbocycles. The van der Waals surface area contributed by atoms with Crippen molar-refractivity contribution in [2.45, 2.75) is 80.2 Å². The topological polar surface area (TPSA) is 117 Å². The van der Waals surface area contributed by atoms with E-state index in [-0.39, 0.29) is 54.3 Å². The van der Waals surface area contributed by atoms with Crippen molar-refractivity contribution in [1.29, 1.82) is 0 Å². The molecular formula is C28H43NO8. The van der Waals surface area contributed by atoms with Gasteiger partial charge in [0.2, 0.25) is 0 Å². The smallest absolute Gasteiger partial charge is 0.323 e. The lowest BCUT2D eigenvalue weighted by atomic mass is 9.93. The van der Waals surface area contributed by atoms with E-state index in [9.17, 15) is 19.2 Å². The van der Waals surface area contributed by atoms with Gasteiger partial charge in [0.05, 0.1) is 25.4 Å². The molecule has 0 radical (unpaired) electrons. The summed E-state index contributed by atoms with van der Waals surface area (Å²) in [5.74, 6) is -2.08. The van der Waals surface area contributed by atoms with Gasteiger partial charge in [0.25, 0.3) is 0 Å². The Morgan fingerprint density at radius 1 is 0.892 bits per heavy atom. The molecule has 0 aliphatic heterocycles. The van der Waals surface area contributed by atoms with Gasteiger partial charge < -0.3 is 24.3 Å². The molecule has 0 aromatic heterocycles. The van der Waals surface area contributed by atoms with E-state index in [1.807, 2.05) is 34.6 Å². The second-order valence-electron chi connectivity index (χ2n) is 10.4. The zero-order valence-electron chi connectivity index (χ0n) is 23.5. The third kappa shape index (κ3) is 11.8. The van der Waals surface area contributed by atoms with Gasteiger partial charge >= 0.3 is 23.9 Å². The molecular weight excluding hydrogens is 478 g/mol. The second kappa shape index (κ2) is 15.3. The fraction of sp³-hybridized carbons (Fsp3) is 0.643. The molecule has 0 bridgehead atoms. The van der Waals surface area contributed by atoms with Gasteiger partial charge in [-0.3, -0.25) is 19.2 Å². The van der Waals surface area contributed by atoms with Gasteiger partial charge in [0.15, 0.2) is 11.5 Å². The number of benzene rings is 1. The summed E-state index contributed by atoms with van der Waals surface area (Å²) in [5, 5.41) is 3.05. The van der Waals surface area contributed by atoms with Crippen molar-refractivity contribution in [3.05, 3.63) is 23.8 Å². The summed E-state index contributed by atoms with van der Waals surface area (Å²) in [6.07, 6.45) is 1.70. The molecule has 1 N–H and O–H groups in total. The molecule has 3 atom stereocenters. The molecule has 0 heterocycles. The average molecular weight is 522 g/mol. The van der Waals surface area contributed by atoms with Crippen molar-refractivity contribution in [3.8, 4) is 11.5 Å². The monoisotopic (exact) mass is 521 g/mol. The molecule has 208 valence electrons. The number of carbonyl (C=O) groups excluding carboxylic acids is 4. The van der Waals surface area contributed by atoms with Crippen LogP contribution >= 0.6 is 0 Å². The Morgan fingerprint density at radius 3 is 1.97 bits per heavy atom. The molecule has 0 saturated carbocycles. The Balaban J connectivity index is 3.01. The van der Waals surface area contributed by atoms with E-state index in [1.165, 1.54) is 7.11 Å². The van der Waals surface area contributed by atoms with Crippen LogP contribution in [0.1, 0.15) is 73.3 Å². The number of hydrogen-bond acceptors (Lipinski definition) is 9. The molecule has 1 aromatic carbocycles. The lowest BCUT2D eigenvalue weighted by Gasteiger charge is -2.19. The normalized spacial score (nSPS) is 13.7. The number of esters is 4. The molecule has 9 heteroatoms. The van der Waals surface area contributed by atoms with Gasteiger partial charge in [-0.15, -0.1) is 0 Å². The zero-order valence-corrected chi connectivity index (χ0v) is 23.5. The Hall–Kier alpha value is -2.94. The number of methoxy groups -OCH3 is 1. The molecule has 37 heavy (non-hydrogen) atoms. The lowest BCUT2D eigenvalue weighted by Crippen LogP contribution is -2.41. The van der Waals surface area contributed by atoms with Crippen LogP contribution in [0.2, 0.25) is 0 Å². The molecule has 1 aromatic rings. The third-order valence-corrected chi connectivity index (χ3v) is 5.81. The van der Waals surface area contributed by atoms with E-state index in [2.05, 4.69) is 5.32 Å². The molecule has 2 unspecified atom stereocenters. The minimum Gasteiger partial charge on any atom is -0.468 e. The first kappa shape index (κ1) is 32.1. The minimum atomic E-state index is -0.738. The Morgan fingerprint density at radius 2 is 1.46 bits per heavy atom. The first-order valence-electron chi connectivity index (χ1n) is 12.8. The fourth-order valence-corrected chi connectivity index (χ4v) is 3.09. The predicted molar refractivity (Wildman–Crippen MR) is 139 cm³/mol. The lowest BCUT2D eigenvalue weighted by molar-refractivity contribution is -0.146. The minimum absolute atomic E-state index is 0.102. The summed E-state index contributed by atoms with van der Waals surface area (Å²) in [6.45, 7) is 13.5. The average Bonchev–Trinajstić information content (AvgIpc) is 2.84. The zero-order chi connectivity index (χ0) is 28.2. The van der Waals surface area contributed by atoms with Crippen LogP contribution in [-0.2, 0) is 35.1 Å². The van der Waals surface area contributed by atoms with Gasteiger partial charge in [-0.2, -0.15) is 0 Å². The van der Waals surface area contributed by atoms with E-state index in [4.69, 9.17) is 18.9 Å². The number of ether oxygens (including phenoxy) is 4. The number of nitrogens with one attached hydrogen (secondary N) is 1. The van der Waals surface area contributed by atoms with E-state index < -0.39 is 23.9 Å². The highest BCUT2D eigenvalue weighted by molar-refractivity contribution is 5.79. The molecule has 0 aliphatic rings. The third-order valence-electron chi connectivity index (χ3n) is 5.81. The number of rotatable bonds is 14. The summed E-state index contributed by atoms with van der Waals surface area (Å²) >= 11 is 0. The van der Waals surface area contributed by atoms with E-state index in [0.717, 1.165) is 0 Å². The van der Waals surface area contributed by atoms with Crippen LogP contribution < -0.4 is 14.8 Å². The second-order valence-corrected chi connectivity index (χ2v) is 10.4. The highest BCUT2D eigenvalue weighted by atomic mass is 16.6. The number of carbonyl (C=O) groups is 4. The predicted octanol–water partition coefficient (Wildman–Crippen LogP) is 4.24. The molecule has 0 fully saturated rings. The molecule has 0 amide bonds. The van der Waals surface area contributed by atoms with Crippen molar-refractivity contribution in [2.24, 2.45) is 17.3 Å². The van der Waals surface area contributed by atoms with Crippen LogP contribution in [0.4, 0.5) is 0 Å². The van der Waals surface area contributed by atoms with Crippen LogP contribution in [0, 0.1) is 17.3 Å². The van der Waals surface area contributed by atoms with Gasteiger partial charge in [0.1, 0.15) is 12.6 Å². The van der Waals surface area contributed by atoms with Crippen molar-refractivity contribution in [2.75, 3.05) is 20.3 Å². The van der Waals surface area contributed by atoms with Crippen LogP contribution in [-0.4, -0.2) is 50.2 Å². The van der Waals surface area contributed by atoms with Gasteiger partial charge in [-0.05, 0) is 42.4 Å². The van der Waals surface area contributed by atoms with Gasteiger partial charge in [-0.1, -0.05) is 54.5 Å². The largest absolute Gasteiger partial charge is 0.468 e. The van der Waals surface area contributed by atoms with Crippen LogP contribution in [0.25, 0.3) is 0 Å². The molecule has 0 spiro atoms. The van der Waals surface area contributed by atoms with E-state index >= 15 is 0 Å². The Bertz CT molecular complexity index is 921. The fourth-order valence-electron chi connectivity index (χ4n) is 3.09. The van der Waals surface area contributed by atoms with Crippen molar-refractivity contribution >= 4 is 23.9 Å². The van der Waals surface area contributed by atoms with E-state index in [0.29, 0.717) is 24.8 Å². The summed E-state index contributed by atoms with van der Waals surface area (Å²) in [6, 6.07) is 4.09. The summed E-state index contributed by atoms with van der Waals surface area (Å²) in [4.78, 5) is 49.2. The maximum atomic E-state index is 12.5. The maximum absolute atomic E-state index is 12.5. The summed E-state index contributed by atoms with van der Waals surface area (Å²) < 4.78 is 21.3. The van der Waals surface area contributed by atoms with E-state index in [1.54, 1.807) is 32.0 Å². The standard InChI is InChI=1S/C28H43NO8/c1-9-18(3)25(31)36-22-12-11-20(16-23(22)37-26(32)19(4)10-2)15-21(27(33)34-8)29-13-14-35-24(30)17-28(5,6)7/h11-12,16,18-19,21,29H,9-10,13-15,17H2,1-8H3/t18?,19?,21-/m0/s1. The van der Waals surface area contributed by atoms with Crippen LogP contribution in [0.5, 0.6) is 11.5 Å². The molecule has 9 nitrogen and oxygen atoms in total. The van der Waals surface area contributed by atoms with Gasteiger partial charge in [0, 0.05) is 6.54 Å². The summed E-state index contributed by atoms with van der Waals surface area (Å²) in [5.41, 5.74) is 0.479. The van der Waals surface area contributed by atoms with Crippen molar-refractivity contribution < 1.29 is 38.1 Å². The van der Waals surface area contributed by atoms with Gasteiger partial charge in [-0.25, -0.2) is 0 Å². The van der Waals surface area contributed by atoms with Crippen molar-refractivity contribution in [1.82, 2.24) is 5.32 Å². The van der Waals surface area contributed by atoms with Crippen LogP contribution in [0.3, 0.4) is 0 Å². The number of hydrogen-bond donors (Lipinski definition) is 1. The van der Waals surface area contributed by atoms with Crippen molar-refractivity contribution in [3.63, 3.8) is 0 Å². The molecule has 0 saturated heterocycles. The highest BCUT2D eigenvalue weighted by Crippen LogP contribution is 2.31. The highest BCUT2D eigenvalue weighted by Gasteiger charge is 2.24. The summed E-state index contributed by atoms with van der Waals surface area (Å²) in [7, 11) is 1.29. The maximum Gasteiger partial charge on any atom is 0.323 e. The first-order valence-corrected chi connectivity index (χ1v) is 12.8. The Labute approximate surface area is 220 Å². The Kier molecular flexibility index (Phi) is 13.3. The first-order chi connectivity index (χ1) is 17.3. The quantitative estimate of drug-likeness (QED) is 0.218.